The van der Waals surface area contributed by atoms with Crippen molar-refractivity contribution in [3.63, 3.8) is 0 Å². The third-order valence-electron chi connectivity index (χ3n) is 2.67. The van der Waals surface area contributed by atoms with Gasteiger partial charge in [-0.05, 0) is 32.4 Å². The van der Waals surface area contributed by atoms with Crippen LogP contribution in [0.4, 0.5) is 4.39 Å². The van der Waals surface area contributed by atoms with Crippen molar-refractivity contribution in [2.24, 2.45) is 0 Å². The highest BCUT2D eigenvalue weighted by atomic mass is 32.2. The van der Waals surface area contributed by atoms with Gasteiger partial charge in [0.15, 0.2) is 5.16 Å². The molecule has 96 valence electrons. The molecule has 0 unspecified atom stereocenters. The summed E-state index contributed by atoms with van der Waals surface area (Å²) < 4.78 is 15.6. The van der Waals surface area contributed by atoms with E-state index in [-0.39, 0.29) is 5.82 Å². The fraction of sp³-hybridized carbons (Fsp3) is 0.385. The fourth-order valence-corrected chi connectivity index (χ4v) is 2.90. The second kappa shape index (κ2) is 5.52. The highest BCUT2D eigenvalue weighted by molar-refractivity contribution is 7.98. The smallest absolute Gasteiger partial charge is 0.191 e. The molecular weight excluding hydrogens is 249 g/mol. The van der Waals surface area contributed by atoms with Gasteiger partial charge in [-0.1, -0.05) is 30.0 Å². The molecule has 5 heteroatoms. The number of rotatable bonds is 4. The molecule has 0 amide bonds. The predicted molar refractivity (Wildman–Crippen MR) is 71.1 cm³/mol. The van der Waals surface area contributed by atoms with E-state index in [1.54, 1.807) is 12.1 Å². The quantitative estimate of drug-likeness (QED) is 0.791. The fourth-order valence-electron chi connectivity index (χ4n) is 1.80. The number of aromatic nitrogens is 3. The van der Waals surface area contributed by atoms with Crippen LogP contribution >= 0.6 is 11.8 Å². The zero-order valence-electron chi connectivity index (χ0n) is 10.7. The van der Waals surface area contributed by atoms with E-state index in [9.17, 15) is 4.39 Å². The van der Waals surface area contributed by atoms with E-state index in [4.69, 9.17) is 0 Å². The van der Waals surface area contributed by atoms with Crippen LogP contribution in [0.2, 0.25) is 0 Å². The van der Waals surface area contributed by atoms with Gasteiger partial charge in [0.1, 0.15) is 11.6 Å². The zero-order valence-corrected chi connectivity index (χ0v) is 11.5. The van der Waals surface area contributed by atoms with Gasteiger partial charge in [0, 0.05) is 11.8 Å². The standard InChI is InChI=1S/C13H16FN3S/c1-9(2)17-10(3)15-16-13(17)18-8-11-6-4-5-7-12(11)14/h4-7,9H,8H2,1-3H3. The van der Waals surface area contributed by atoms with Crippen molar-refractivity contribution in [1.29, 1.82) is 0 Å². The summed E-state index contributed by atoms with van der Waals surface area (Å²) in [5, 5.41) is 9.04. The molecule has 2 rings (SSSR count). The molecular formula is C13H16FN3S. The van der Waals surface area contributed by atoms with Crippen LogP contribution in [0.3, 0.4) is 0 Å². The van der Waals surface area contributed by atoms with Crippen molar-refractivity contribution < 1.29 is 4.39 Å². The van der Waals surface area contributed by atoms with Crippen molar-refractivity contribution >= 4 is 11.8 Å². The number of hydrogen-bond donors (Lipinski definition) is 0. The number of nitrogens with zero attached hydrogens (tertiary/aromatic N) is 3. The first-order chi connectivity index (χ1) is 8.59. The summed E-state index contributed by atoms with van der Waals surface area (Å²) in [5.74, 6) is 1.29. The first-order valence-electron chi connectivity index (χ1n) is 5.87. The average molecular weight is 265 g/mol. The predicted octanol–water partition coefficient (Wildman–Crippen LogP) is 3.60. The molecule has 1 heterocycles. The Morgan fingerprint density at radius 1 is 1.28 bits per heavy atom. The maximum atomic E-state index is 13.5. The lowest BCUT2D eigenvalue weighted by atomic mass is 10.2. The second-order valence-electron chi connectivity index (χ2n) is 4.37. The number of aryl methyl sites for hydroxylation is 1. The zero-order chi connectivity index (χ0) is 13.1. The third kappa shape index (κ3) is 2.72. The minimum absolute atomic E-state index is 0.169. The Bertz CT molecular complexity index is 537. The van der Waals surface area contributed by atoms with Crippen LogP contribution in [-0.4, -0.2) is 14.8 Å². The molecule has 0 aliphatic heterocycles. The molecule has 0 fully saturated rings. The van der Waals surface area contributed by atoms with Gasteiger partial charge in [0.05, 0.1) is 0 Å². The summed E-state index contributed by atoms with van der Waals surface area (Å²) in [7, 11) is 0. The molecule has 0 saturated heterocycles. The van der Waals surface area contributed by atoms with Gasteiger partial charge in [-0.25, -0.2) is 4.39 Å². The lowest BCUT2D eigenvalue weighted by molar-refractivity contribution is 0.536. The van der Waals surface area contributed by atoms with Crippen molar-refractivity contribution in [3.8, 4) is 0 Å². The lowest BCUT2D eigenvalue weighted by Gasteiger charge is -2.11. The monoisotopic (exact) mass is 265 g/mol. The van der Waals surface area contributed by atoms with E-state index in [1.165, 1.54) is 17.8 Å². The number of hydrogen-bond acceptors (Lipinski definition) is 3. The van der Waals surface area contributed by atoms with Gasteiger partial charge in [-0.2, -0.15) is 0 Å². The molecule has 2 aromatic rings. The molecule has 18 heavy (non-hydrogen) atoms. The second-order valence-corrected chi connectivity index (χ2v) is 5.32. The molecule has 0 radical (unpaired) electrons. The molecule has 0 atom stereocenters. The Morgan fingerprint density at radius 3 is 2.67 bits per heavy atom. The van der Waals surface area contributed by atoms with Gasteiger partial charge in [0.2, 0.25) is 0 Å². The summed E-state index contributed by atoms with van der Waals surface area (Å²) >= 11 is 1.51. The van der Waals surface area contributed by atoms with Crippen LogP contribution in [0.1, 0.15) is 31.3 Å². The molecule has 0 spiro atoms. The Hall–Kier alpha value is -1.36. The van der Waals surface area contributed by atoms with E-state index in [2.05, 4.69) is 28.6 Å². The SMILES string of the molecule is Cc1nnc(SCc2ccccc2F)n1C(C)C. The number of benzene rings is 1. The molecule has 1 aromatic heterocycles. The Kier molecular flexibility index (Phi) is 4.01. The normalized spacial score (nSPS) is 11.2. The van der Waals surface area contributed by atoms with Gasteiger partial charge in [-0.15, -0.1) is 10.2 Å². The molecule has 3 nitrogen and oxygen atoms in total. The lowest BCUT2D eigenvalue weighted by Crippen LogP contribution is -2.04. The van der Waals surface area contributed by atoms with Crippen LogP contribution in [0.15, 0.2) is 29.4 Å². The Morgan fingerprint density at radius 2 is 2.00 bits per heavy atom. The average Bonchev–Trinajstić information content (AvgIpc) is 2.69. The summed E-state index contributed by atoms with van der Waals surface area (Å²) in [6.45, 7) is 6.10. The summed E-state index contributed by atoms with van der Waals surface area (Å²) in [6.07, 6.45) is 0. The van der Waals surface area contributed by atoms with Crippen LogP contribution in [-0.2, 0) is 5.75 Å². The number of halogens is 1. The minimum Gasteiger partial charge on any atom is -0.304 e. The van der Waals surface area contributed by atoms with Gasteiger partial charge < -0.3 is 4.57 Å². The largest absolute Gasteiger partial charge is 0.304 e. The van der Waals surface area contributed by atoms with Crippen molar-refractivity contribution in [1.82, 2.24) is 14.8 Å². The topological polar surface area (TPSA) is 30.7 Å². The Balaban J connectivity index is 2.14. The van der Waals surface area contributed by atoms with Gasteiger partial charge in [0.25, 0.3) is 0 Å². The maximum Gasteiger partial charge on any atom is 0.191 e. The number of thioether (sulfide) groups is 1. The summed E-state index contributed by atoms with van der Waals surface area (Å²) in [5.41, 5.74) is 0.693. The first-order valence-corrected chi connectivity index (χ1v) is 6.86. The van der Waals surface area contributed by atoms with E-state index in [0.29, 0.717) is 17.4 Å². The van der Waals surface area contributed by atoms with Crippen molar-refractivity contribution in [3.05, 3.63) is 41.5 Å². The van der Waals surface area contributed by atoms with Crippen LogP contribution in [0.25, 0.3) is 0 Å². The van der Waals surface area contributed by atoms with Crippen LogP contribution in [0, 0.1) is 12.7 Å². The summed E-state index contributed by atoms with van der Waals surface area (Å²) in [4.78, 5) is 0. The molecule has 0 bridgehead atoms. The van der Waals surface area contributed by atoms with Gasteiger partial charge >= 0.3 is 0 Å². The molecule has 0 aliphatic rings. The van der Waals surface area contributed by atoms with Crippen molar-refractivity contribution in [2.75, 3.05) is 0 Å². The maximum absolute atomic E-state index is 13.5. The summed E-state index contributed by atoms with van der Waals surface area (Å²) in [6, 6.07) is 7.13. The first kappa shape index (κ1) is 13.1. The third-order valence-corrected chi connectivity index (χ3v) is 3.66. The molecule has 0 saturated carbocycles. The molecule has 0 aliphatic carbocycles. The highest BCUT2D eigenvalue weighted by Gasteiger charge is 2.12. The molecule has 1 aromatic carbocycles. The van der Waals surface area contributed by atoms with E-state index in [1.807, 2.05) is 13.0 Å². The minimum atomic E-state index is -0.169. The van der Waals surface area contributed by atoms with Crippen molar-refractivity contribution in [2.45, 2.75) is 37.7 Å². The van der Waals surface area contributed by atoms with Gasteiger partial charge in [-0.3, -0.25) is 0 Å². The van der Waals surface area contributed by atoms with E-state index < -0.39 is 0 Å². The Labute approximate surface area is 110 Å². The van der Waals surface area contributed by atoms with Crippen LogP contribution < -0.4 is 0 Å². The van der Waals surface area contributed by atoms with E-state index in [0.717, 1.165) is 11.0 Å². The van der Waals surface area contributed by atoms with E-state index >= 15 is 0 Å². The highest BCUT2D eigenvalue weighted by Crippen LogP contribution is 2.25. The van der Waals surface area contributed by atoms with Crippen LogP contribution in [0.5, 0.6) is 0 Å². The molecule has 0 N–H and O–H groups in total.